The van der Waals surface area contributed by atoms with Crippen LogP contribution in [-0.4, -0.2) is 61.2 Å². The molecule has 0 amide bonds. The Bertz CT molecular complexity index is 1130. The summed E-state index contributed by atoms with van der Waals surface area (Å²) in [5.41, 5.74) is -0.545. The molecule has 8 heteroatoms. The van der Waals surface area contributed by atoms with Crippen LogP contribution in [-0.2, 0) is 11.0 Å². The summed E-state index contributed by atoms with van der Waals surface area (Å²) in [6.45, 7) is 8.34. The first-order chi connectivity index (χ1) is 18.9. The first-order valence-corrected chi connectivity index (χ1v) is 15.3. The van der Waals surface area contributed by atoms with E-state index < -0.39 is 17.3 Å². The number of Topliss-reactive ketones (excluding diaryl/α,β-unsaturated/α-hetero) is 1. The van der Waals surface area contributed by atoms with Crippen LogP contribution >= 0.6 is 0 Å². The molecule has 7 atom stereocenters. The number of benzene rings is 1. The van der Waals surface area contributed by atoms with Crippen LogP contribution in [0, 0.1) is 34.5 Å². The topological polar surface area (TPSA) is 53.0 Å². The van der Waals surface area contributed by atoms with E-state index in [-0.39, 0.29) is 16.6 Å². The van der Waals surface area contributed by atoms with Crippen molar-refractivity contribution in [2.24, 2.45) is 34.5 Å². The lowest BCUT2D eigenvalue weighted by Crippen LogP contribution is -2.59. The molecule has 1 aliphatic heterocycles. The van der Waals surface area contributed by atoms with Gasteiger partial charge in [-0.25, -0.2) is 0 Å². The third kappa shape index (κ3) is 4.65. The number of alkyl halides is 3. The average molecular weight is 563 g/mol. The van der Waals surface area contributed by atoms with Crippen LogP contribution in [0.5, 0.6) is 5.75 Å². The second-order valence-electron chi connectivity index (χ2n) is 14.1. The van der Waals surface area contributed by atoms with E-state index in [4.69, 9.17) is 4.74 Å². The molecule has 222 valence electrons. The SMILES string of the molecule is COc1cc(N2CCN(C[C@@]3(O)CC[C@@]4(C)[C@@H](CC[C@@H]5[C@@H]4CC[C@]4(C)C(=O)CC[C@@H]54)C3)CC2)ccc1C(F)(F)F. The number of piperazine rings is 1. The van der Waals surface area contributed by atoms with E-state index in [9.17, 15) is 23.1 Å². The van der Waals surface area contributed by atoms with Gasteiger partial charge in [-0.05, 0) is 92.6 Å². The van der Waals surface area contributed by atoms with Crippen LogP contribution in [0.25, 0.3) is 0 Å². The summed E-state index contributed by atoms with van der Waals surface area (Å²) >= 11 is 0. The fourth-order valence-corrected chi connectivity index (χ4v) is 9.93. The van der Waals surface area contributed by atoms with E-state index in [1.807, 2.05) is 0 Å². The quantitative estimate of drug-likeness (QED) is 0.475. The van der Waals surface area contributed by atoms with Crippen LogP contribution in [0.3, 0.4) is 0 Å². The molecule has 0 unspecified atom stereocenters. The molecule has 1 N–H and O–H groups in total. The molecule has 0 aromatic heterocycles. The number of ether oxygens (including phenoxy) is 1. The summed E-state index contributed by atoms with van der Waals surface area (Å²) < 4.78 is 44.9. The molecule has 1 aromatic carbocycles. The Hall–Kier alpha value is -1.80. The lowest BCUT2D eigenvalue weighted by atomic mass is 9.44. The molecule has 0 spiro atoms. The third-order valence-electron chi connectivity index (χ3n) is 12.3. The number of hydrogen-bond acceptors (Lipinski definition) is 5. The molecule has 1 heterocycles. The largest absolute Gasteiger partial charge is 0.496 e. The molecule has 0 bridgehead atoms. The lowest BCUT2D eigenvalue weighted by molar-refractivity contribution is -0.157. The van der Waals surface area contributed by atoms with Crippen molar-refractivity contribution in [3.05, 3.63) is 23.8 Å². The smallest absolute Gasteiger partial charge is 0.419 e. The minimum Gasteiger partial charge on any atom is -0.496 e. The molecular formula is C32H45F3N2O3. The summed E-state index contributed by atoms with van der Waals surface area (Å²) in [6.07, 6.45) is 4.68. The molecule has 6 rings (SSSR count). The van der Waals surface area contributed by atoms with Gasteiger partial charge < -0.3 is 14.7 Å². The van der Waals surface area contributed by atoms with E-state index in [1.165, 1.54) is 25.7 Å². The maximum Gasteiger partial charge on any atom is 0.419 e. The van der Waals surface area contributed by atoms with E-state index in [0.29, 0.717) is 49.1 Å². The summed E-state index contributed by atoms with van der Waals surface area (Å²) in [5, 5.41) is 11.8. The molecule has 5 aliphatic rings. The zero-order valence-electron chi connectivity index (χ0n) is 24.2. The van der Waals surface area contributed by atoms with Crippen LogP contribution < -0.4 is 9.64 Å². The van der Waals surface area contributed by atoms with Gasteiger partial charge in [0.25, 0.3) is 0 Å². The molecule has 1 aromatic rings. The van der Waals surface area contributed by atoms with Crippen molar-refractivity contribution in [3.8, 4) is 5.75 Å². The van der Waals surface area contributed by atoms with Crippen molar-refractivity contribution in [3.63, 3.8) is 0 Å². The van der Waals surface area contributed by atoms with E-state index in [1.54, 1.807) is 0 Å². The second-order valence-corrected chi connectivity index (χ2v) is 14.1. The molecule has 1 saturated heterocycles. The van der Waals surface area contributed by atoms with Gasteiger partial charge in [-0.3, -0.25) is 9.69 Å². The Morgan fingerprint density at radius 2 is 1.75 bits per heavy atom. The first-order valence-electron chi connectivity index (χ1n) is 15.3. The number of aliphatic hydroxyl groups is 1. The summed E-state index contributed by atoms with van der Waals surface area (Å²) in [4.78, 5) is 17.2. The molecule has 5 nitrogen and oxygen atoms in total. The standard InChI is InChI=1S/C32H45F3N2O3/c1-29-12-13-31(39,19-21(29)4-6-23-24-8-9-28(38)30(24,2)11-10-25(23)29)20-36-14-16-37(17-15-36)22-5-7-26(32(33,34)35)27(18-22)40-3/h5,7,18,21,23-25,39H,4,6,8-17,19-20H2,1-3H3/t21-,23-,24-,25-,29-,30-,31+/m0/s1. The van der Waals surface area contributed by atoms with Gasteiger partial charge in [0.1, 0.15) is 11.5 Å². The van der Waals surface area contributed by atoms with E-state index in [2.05, 4.69) is 23.6 Å². The maximum atomic E-state index is 13.3. The number of β-amino-alcohol motifs (C(OH)–C–C–N with tert-alkyl or cyclic N) is 1. The Labute approximate surface area is 236 Å². The number of fused-ring (bicyclic) bond motifs is 5. The van der Waals surface area contributed by atoms with Gasteiger partial charge >= 0.3 is 6.18 Å². The average Bonchev–Trinajstić information content (AvgIpc) is 3.23. The lowest BCUT2D eigenvalue weighted by Gasteiger charge is -2.61. The Morgan fingerprint density at radius 1 is 1.00 bits per heavy atom. The van der Waals surface area contributed by atoms with Crippen LogP contribution in [0.1, 0.15) is 77.2 Å². The van der Waals surface area contributed by atoms with Gasteiger partial charge in [-0.15, -0.1) is 0 Å². The van der Waals surface area contributed by atoms with E-state index in [0.717, 1.165) is 76.2 Å². The summed E-state index contributed by atoms with van der Waals surface area (Å²) in [6, 6.07) is 4.12. The van der Waals surface area contributed by atoms with Gasteiger partial charge in [-0.1, -0.05) is 13.8 Å². The molecule has 40 heavy (non-hydrogen) atoms. The second kappa shape index (κ2) is 9.89. The van der Waals surface area contributed by atoms with Crippen LogP contribution in [0.4, 0.5) is 18.9 Å². The number of hydrogen-bond donors (Lipinski definition) is 1. The molecule has 0 radical (unpaired) electrons. The predicted molar refractivity (Wildman–Crippen MR) is 148 cm³/mol. The zero-order chi connectivity index (χ0) is 28.5. The van der Waals surface area contributed by atoms with Gasteiger partial charge in [0.2, 0.25) is 0 Å². The first kappa shape index (κ1) is 28.3. The highest BCUT2D eigenvalue weighted by Gasteiger charge is 2.61. The summed E-state index contributed by atoms with van der Waals surface area (Å²) in [7, 11) is 1.27. The highest BCUT2D eigenvalue weighted by molar-refractivity contribution is 5.87. The number of carbonyl (C=O) groups excluding carboxylic acids is 1. The number of halogens is 3. The van der Waals surface area contributed by atoms with Crippen molar-refractivity contribution in [2.45, 2.75) is 83.4 Å². The monoisotopic (exact) mass is 562 g/mol. The number of anilines is 1. The number of carbonyl (C=O) groups is 1. The number of rotatable bonds is 4. The van der Waals surface area contributed by atoms with Crippen molar-refractivity contribution < 1.29 is 27.8 Å². The molecule has 5 fully saturated rings. The summed E-state index contributed by atoms with van der Waals surface area (Å²) in [5.74, 6) is 2.76. The molecule has 4 saturated carbocycles. The Morgan fingerprint density at radius 3 is 2.45 bits per heavy atom. The molecule has 4 aliphatic carbocycles. The zero-order valence-corrected chi connectivity index (χ0v) is 24.2. The number of methoxy groups -OCH3 is 1. The predicted octanol–water partition coefficient (Wildman–Crippen LogP) is 6.18. The van der Waals surface area contributed by atoms with Gasteiger partial charge in [0, 0.05) is 56.3 Å². The Balaban J connectivity index is 1.07. The van der Waals surface area contributed by atoms with Crippen LogP contribution in [0.2, 0.25) is 0 Å². The van der Waals surface area contributed by atoms with Crippen molar-refractivity contribution in [2.75, 3.05) is 44.7 Å². The molecular weight excluding hydrogens is 517 g/mol. The number of ketones is 1. The van der Waals surface area contributed by atoms with Gasteiger partial charge in [0.15, 0.2) is 0 Å². The van der Waals surface area contributed by atoms with Crippen molar-refractivity contribution >= 4 is 11.5 Å². The highest BCUT2D eigenvalue weighted by Crippen LogP contribution is 2.66. The van der Waals surface area contributed by atoms with Gasteiger partial charge in [0.05, 0.1) is 18.3 Å². The minimum atomic E-state index is -4.44. The fourth-order valence-electron chi connectivity index (χ4n) is 9.93. The maximum absolute atomic E-state index is 13.3. The number of nitrogens with zero attached hydrogens (tertiary/aromatic N) is 2. The third-order valence-corrected chi connectivity index (χ3v) is 12.3. The fraction of sp³-hybridized carbons (Fsp3) is 0.781. The Kier molecular flexibility index (Phi) is 7.00. The van der Waals surface area contributed by atoms with Gasteiger partial charge in [-0.2, -0.15) is 13.2 Å². The normalized spacial score (nSPS) is 40.4. The van der Waals surface area contributed by atoms with E-state index >= 15 is 0 Å². The van der Waals surface area contributed by atoms with Crippen molar-refractivity contribution in [1.82, 2.24) is 4.90 Å². The van der Waals surface area contributed by atoms with Crippen LogP contribution in [0.15, 0.2) is 18.2 Å². The minimum absolute atomic E-state index is 0.0899. The highest BCUT2D eigenvalue weighted by atomic mass is 19.4. The van der Waals surface area contributed by atoms with Crippen molar-refractivity contribution in [1.29, 1.82) is 0 Å².